The summed E-state index contributed by atoms with van der Waals surface area (Å²) in [6, 6.07) is 18.9. The normalized spacial score (nSPS) is 16.8. The lowest BCUT2D eigenvalue weighted by Gasteiger charge is -2.33. The first-order valence-corrected chi connectivity index (χ1v) is 15.7. The summed E-state index contributed by atoms with van der Waals surface area (Å²) in [5.41, 5.74) is 0.972. The van der Waals surface area contributed by atoms with Crippen molar-refractivity contribution in [3.05, 3.63) is 71.8 Å². The Morgan fingerprint density at radius 2 is 1.17 bits per heavy atom. The molecule has 0 aromatic heterocycles. The Bertz CT molecular complexity index is 1270. The van der Waals surface area contributed by atoms with E-state index in [1.165, 1.54) is 0 Å². The van der Waals surface area contributed by atoms with Gasteiger partial charge in [0, 0.05) is 26.2 Å². The van der Waals surface area contributed by atoms with E-state index in [1.54, 1.807) is 30.6 Å². The van der Waals surface area contributed by atoms with Crippen LogP contribution in [0.4, 0.5) is 9.59 Å². The van der Waals surface area contributed by atoms with Crippen molar-refractivity contribution in [2.75, 3.05) is 32.8 Å². The van der Waals surface area contributed by atoms with Crippen LogP contribution in [0, 0.1) is 0 Å². The second-order valence-electron chi connectivity index (χ2n) is 12.3. The van der Waals surface area contributed by atoms with Gasteiger partial charge >= 0.3 is 30.4 Å². The number of ether oxygens (including phenoxy) is 6. The first-order chi connectivity index (χ1) is 22.1. The van der Waals surface area contributed by atoms with Crippen molar-refractivity contribution >= 4 is 24.1 Å². The van der Waals surface area contributed by atoms with Gasteiger partial charge in [-0.3, -0.25) is 0 Å². The lowest BCUT2D eigenvalue weighted by atomic mass is 10.1. The van der Waals surface area contributed by atoms with E-state index in [4.69, 9.17) is 28.4 Å². The van der Waals surface area contributed by atoms with Gasteiger partial charge in [0.1, 0.15) is 25.4 Å². The molecule has 2 heterocycles. The summed E-state index contributed by atoms with van der Waals surface area (Å²) in [4.78, 5) is 53.8. The van der Waals surface area contributed by atoms with Crippen LogP contribution < -0.4 is 0 Å². The van der Waals surface area contributed by atoms with Crippen molar-refractivity contribution in [1.82, 2.24) is 9.80 Å². The quantitative estimate of drug-likeness (QED) is 0.191. The SMILES string of the molecule is CC(C)(C)OC(=O)C(OC(=O)COC1CCN(C(=O)OCc2ccccc2)CC1)OC1CCN(C(=O)OCc2ccccc2)CC1. The zero-order valence-electron chi connectivity index (χ0n) is 26.8. The first kappa shape index (κ1) is 34.7. The number of nitrogens with zero attached hydrogens (tertiary/aromatic N) is 2. The molecule has 0 radical (unpaired) electrons. The number of rotatable bonds is 11. The Labute approximate surface area is 269 Å². The van der Waals surface area contributed by atoms with Crippen LogP contribution in [0.2, 0.25) is 0 Å². The van der Waals surface area contributed by atoms with Gasteiger partial charge in [0.05, 0.1) is 12.2 Å². The average Bonchev–Trinajstić information content (AvgIpc) is 3.05. The molecular formula is C34H44N2O10. The number of carbonyl (C=O) groups excluding carboxylic acids is 4. The van der Waals surface area contributed by atoms with Crippen LogP contribution in [0.15, 0.2) is 60.7 Å². The molecule has 2 amide bonds. The largest absolute Gasteiger partial charge is 0.455 e. The maximum Gasteiger partial charge on any atom is 0.410 e. The lowest BCUT2D eigenvalue weighted by Crippen LogP contribution is -2.45. The van der Waals surface area contributed by atoms with Gasteiger partial charge in [-0.2, -0.15) is 0 Å². The number of carbonyl (C=O) groups is 4. The third-order valence-electron chi connectivity index (χ3n) is 7.40. The van der Waals surface area contributed by atoms with Crippen LogP contribution in [-0.2, 0) is 51.2 Å². The van der Waals surface area contributed by atoms with Crippen LogP contribution in [0.25, 0.3) is 0 Å². The summed E-state index contributed by atoms with van der Waals surface area (Å²) in [7, 11) is 0. The number of esters is 2. The van der Waals surface area contributed by atoms with E-state index >= 15 is 0 Å². The molecule has 2 aromatic rings. The molecule has 0 saturated carbocycles. The van der Waals surface area contributed by atoms with Crippen LogP contribution in [0.3, 0.4) is 0 Å². The third-order valence-corrected chi connectivity index (χ3v) is 7.40. The van der Waals surface area contributed by atoms with Crippen molar-refractivity contribution in [2.24, 2.45) is 0 Å². The van der Waals surface area contributed by atoms with Crippen LogP contribution in [0.5, 0.6) is 0 Å². The molecule has 2 fully saturated rings. The van der Waals surface area contributed by atoms with E-state index in [0.29, 0.717) is 51.9 Å². The number of amides is 2. The first-order valence-electron chi connectivity index (χ1n) is 15.7. The van der Waals surface area contributed by atoms with Crippen molar-refractivity contribution in [3.63, 3.8) is 0 Å². The minimum absolute atomic E-state index is 0.176. The van der Waals surface area contributed by atoms with E-state index in [9.17, 15) is 19.2 Å². The van der Waals surface area contributed by atoms with Crippen LogP contribution in [0.1, 0.15) is 57.6 Å². The lowest BCUT2D eigenvalue weighted by molar-refractivity contribution is -0.221. The number of piperidine rings is 2. The Hall–Kier alpha value is -4.16. The highest BCUT2D eigenvalue weighted by Crippen LogP contribution is 2.20. The molecule has 2 aliphatic heterocycles. The number of likely N-dealkylation sites (tertiary alicyclic amines) is 2. The van der Waals surface area contributed by atoms with Crippen LogP contribution in [-0.4, -0.2) is 90.8 Å². The van der Waals surface area contributed by atoms with Gasteiger partial charge in [0.15, 0.2) is 0 Å². The fourth-order valence-corrected chi connectivity index (χ4v) is 5.00. The monoisotopic (exact) mass is 640 g/mol. The number of benzene rings is 2. The maximum absolute atomic E-state index is 12.9. The molecule has 0 bridgehead atoms. The smallest absolute Gasteiger partial charge is 0.410 e. The van der Waals surface area contributed by atoms with Crippen molar-refractivity contribution < 1.29 is 47.6 Å². The van der Waals surface area contributed by atoms with E-state index < -0.39 is 48.7 Å². The zero-order valence-corrected chi connectivity index (χ0v) is 26.8. The summed E-state index contributed by atoms with van der Waals surface area (Å²) in [5, 5.41) is 0. The third kappa shape index (κ3) is 11.6. The fourth-order valence-electron chi connectivity index (χ4n) is 5.00. The topological polar surface area (TPSA) is 130 Å². The van der Waals surface area contributed by atoms with Gasteiger partial charge in [-0.05, 0) is 57.6 Å². The Balaban J connectivity index is 1.19. The molecule has 0 N–H and O–H groups in total. The molecule has 2 aliphatic rings. The highest BCUT2D eigenvalue weighted by Gasteiger charge is 2.34. The van der Waals surface area contributed by atoms with Gasteiger partial charge in [-0.1, -0.05) is 60.7 Å². The van der Waals surface area contributed by atoms with Gasteiger partial charge in [0.25, 0.3) is 0 Å². The van der Waals surface area contributed by atoms with Crippen molar-refractivity contribution in [3.8, 4) is 0 Å². The molecule has 1 unspecified atom stereocenters. The van der Waals surface area contributed by atoms with Gasteiger partial charge < -0.3 is 38.2 Å². The van der Waals surface area contributed by atoms with Gasteiger partial charge in [0.2, 0.25) is 0 Å². The summed E-state index contributed by atoms with van der Waals surface area (Å²) < 4.78 is 33.3. The number of hydrogen-bond acceptors (Lipinski definition) is 10. The molecule has 1 atom stereocenters. The van der Waals surface area contributed by atoms with Gasteiger partial charge in [-0.25, -0.2) is 19.2 Å². The molecule has 46 heavy (non-hydrogen) atoms. The molecule has 2 aromatic carbocycles. The summed E-state index contributed by atoms with van der Waals surface area (Å²) in [6.45, 7) is 6.66. The van der Waals surface area contributed by atoms with E-state index in [1.807, 2.05) is 60.7 Å². The Kier molecular flexibility index (Phi) is 12.8. The maximum atomic E-state index is 12.9. The molecule has 250 valence electrons. The summed E-state index contributed by atoms with van der Waals surface area (Å²) in [5.74, 6) is -1.60. The van der Waals surface area contributed by atoms with Gasteiger partial charge in [-0.15, -0.1) is 0 Å². The molecular weight excluding hydrogens is 596 g/mol. The van der Waals surface area contributed by atoms with Crippen molar-refractivity contribution in [1.29, 1.82) is 0 Å². The standard InChI is InChI=1S/C34H44N2O10/c1-34(2,3)46-30(38)31(44-28-16-20-36(21-17-28)33(40)43-23-26-12-8-5-9-13-26)45-29(37)24-41-27-14-18-35(19-15-27)32(39)42-22-25-10-6-4-7-11-25/h4-13,27-28,31H,14-24H2,1-3H3. The molecule has 0 spiro atoms. The summed E-state index contributed by atoms with van der Waals surface area (Å²) in [6.07, 6.45) is -1.25. The van der Waals surface area contributed by atoms with Crippen LogP contribution >= 0.6 is 0 Å². The van der Waals surface area contributed by atoms with E-state index in [0.717, 1.165) is 11.1 Å². The molecule has 12 heteroatoms. The predicted molar refractivity (Wildman–Crippen MR) is 165 cm³/mol. The minimum atomic E-state index is -1.59. The highest BCUT2D eigenvalue weighted by atomic mass is 16.7. The fraction of sp³-hybridized carbons (Fsp3) is 0.529. The van der Waals surface area contributed by atoms with E-state index in [-0.39, 0.29) is 19.3 Å². The number of hydrogen-bond donors (Lipinski definition) is 0. The molecule has 4 rings (SSSR count). The average molecular weight is 641 g/mol. The summed E-state index contributed by atoms with van der Waals surface area (Å²) >= 11 is 0. The van der Waals surface area contributed by atoms with E-state index in [2.05, 4.69) is 0 Å². The minimum Gasteiger partial charge on any atom is -0.455 e. The molecule has 2 saturated heterocycles. The zero-order chi connectivity index (χ0) is 32.9. The Morgan fingerprint density at radius 1 is 0.717 bits per heavy atom. The second kappa shape index (κ2) is 17.0. The Morgan fingerprint density at radius 3 is 1.63 bits per heavy atom. The molecule has 0 aliphatic carbocycles. The predicted octanol–water partition coefficient (Wildman–Crippen LogP) is 4.83. The molecule has 12 nitrogen and oxygen atoms in total. The second-order valence-corrected chi connectivity index (χ2v) is 12.3. The highest BCUT2D eigenvalue weighted by molar-refractivity contribution is 5.79. The van der Waals surface area contributed by atoms with Crippen molar-refractivity contribution in [2.45, 2.75) is 83.8 Å².